The summed E-state index contributed by atoms with van der Waals surface area (Å²) in [7, 11) is 0. The van der Waals surface area contributed by atoms with Gasteiger partial charge in [0.2, 0.25) is 5.91 Å². The van der Waals surface area contributed by atoms with Crippen LogP contribution in [0.5, 0.6) is 0 Å². The SMILES string of the molecule is CC(C(N)=O)N1CCN(Cc2ccc(-c3ccccc3Cl)s2)CC1. The Morgan fingerprint density at radius 2 is 1.92 bits per heavy atom. The molecule has 0 spiro atoms. The van der Waals surface area contributed by atoms with Crippen LogP contribution in [0.2, 0.25) is 5.02 Å². The van der Waals surface area contributed by atoms with Gasteiger partial charge >= 0.3 is 0 Å². The number of carbonyl (C=O) groups excluding carboxylic acids is 1. The predicted octanol–water partition coefficient (Wildman–Crippen LogP) is 3.06. The van der Waals surface area contributed by atoms with Crippen LogP contribution >= 0.6 is 22.9 Å². The minimum absolute atomic E-state index is 0.180. The summed E-state index contributed by atoms with van der Waals surface area (Å²) in [5.74, 6) is -0.244. The number of nitrogens with zero attached hydrogens (tertiary/aromatic N) is 2. The van der Waals surface area contributed by atoms with E-state index in [1.165, 1.54) is 9.75 Å². The van der Waals surface area contributed by atoms with Gasteiger partial charge < -0.3 is 5.73 Å². The molecule has 1 aromatic heterocycles. The molecular formula is C18H22ClN3OS. The van der Waals surface area contributed by atoms with Crippen molar-refractivity contribution in [2.45, 2.75) is 19.5 Å². The van der Waals surface area contributed by atoms with Gasteiger partial charge in [0.15, 0.2) is 0 Å². The van der Waals surface area contributed by atoms with Crippen LogP contribution in [0, 0.1) is 0 Å². The zero-order valence-corrected chi connectivity index (χ0v) is 15.3. The summed E-state index contributed by atoms with van der Waals surface area (Å²) in [5.41, 5.74) is 6.48. The number of amides is 1. The minimum atomic E-state index is -0.244. The number of piperazine rings is 1. The van der Waals surface area contributed by atoms with Gasteiger partial charge in [-0.25, -0.2) is 0 Å². The van der Waals surface area contributed by atoms with Crippen molar-refractivity contribution in [3.8, 4) is 10.4 Å². The van der Waals surface area contributed by atoms with Gasteiger partial charge in [-0.15, -0.1) is 11.3 Å². The van der Waals surface area contributed by atoms with E-state index in [4.69, 9.17) is 17.3 Å². The molecular weight excluding hydrogens is 342 g/mol. The fourth-order valence-electron chi connectivity index (χ4n) is 2.98. The molecule has 1 fully saturated rings. The fraction of sp³-hybridized carbons (Fsp3) is 0.389. The van der Waals surface area contributed by atoms with Crippen molar-refractivity contribution in [1.82, 2.24) is 9.80 Å². The maximum Gasteiger partial charge on any atom is 0.234 e. The highest BCUT2D eigenvalue weighted by molar-refractivity contribution is 7.15. The van der Waals surface area contributed by atoms with Crippen molar-refractivity contribution in [3.05, 3.63) is 46.3 Å². The summed E-state index contributed by atoms with van der Waals surface area (Å²) >= 11 is 8.08. The van der Waals surface area contributed by atoms with Crippen LogP contribution in [0.4, 0.5) is 0 Å². The molecule has 1 amide bonds. The third-order valence-corrected chi connectivity index (χ3v) is 5.98. The van der Waals surface area contributed by atoms with Crippen LogP contribution in [-0.2, 0) is 11.3 Å². The van der Waals surface area contributed by atoms with Crippen molar-refractivity contribution in [2.24, 2.45) is 5.73 Å². The lowest BCUT2D eigenvalue weighted by Gasteiger charge is -2.36. The van der Waals surface area contributed by atoms with E-state index < -0.39 is 0 Å². The molecule has 1 unspecified atom stereocenters. The van der Waals surface area contributed by atoms with Crippen molar-refractivity contribution in [2.75, 3.05) is 26.2 Å². The van der Waals surface area contributed by atoms with Gasteiger partial charge in [-0.3, -0.25) is 14.6 Å². The second-order valence-corrected chi connectivity index (χ2v) is 7.71. The van der Waals surface area contributed by atoms with Crippen molar-refractivity contribution >= 4 is 28.8 Å². The van der Waals surface area contributed by atoms with E-state index in [1.54, 1.807) is 11.3 Å². The van der Waals surface area contributed by atoms with E-state index in [2.05, 4.69) is 28.0 Å². The molecule has 1 aromatic carbocycles. The van der Waals surface area contributed by atoms with Gasteiger partial charge in [0.1, 0.15) is 0 Å². The van der Waals surface area contributed by atoms with E-state index in [0.29, 0.717) is 0 Å². The normalized spacial score (nSPS) is 17.8. The summed E-state index contributed by atoms with van der Waals surface area (Å²) < 4.78 is 0. The van der Waals surface area contributed by atoms with Gasteiger partial charge in [0.25, 0.3) is 0 Å². The molecule has 1 aliphatic rings. The summed E-state index contributed by atoms with van der Waals surface area (Å²) in [6.45, 7) is 6.49. The number of hydrogen-bond donors (Lipinski definition) is 1. The fourth-order valence-corrected chi connectivity index (χ4v) is 4.36. The van der Waals surface area contributed by atoms with Crippen LogP contribution in [0.3, 0.4) is 0 Å². The zero-order valence-electron chi connectivity index (χ0n) is 13.7. The number of thiophene rings is 1. The molecule has 2 N–H and O–H groups in total. The molecule has 0 bridgehead atoms. The van der Waals surface area contributed by atoms with Crippen LogP contribution in [-0.4, -0.2) is 47.9 Å². The summed E-state index contributed by atoms with van der Waals surface area (Å²) in [6.07, 6.45) is 0. The Kier molecular flexibility index (Phi) is 5.56. The van der Waals surface area contributed by atoms with E-state index in [9.17, 15) is 4.79 Å². The van der Waals surface area contributed by atoms with E-state index in [-0.39, 0.29) is 11.9 Å². The number of primary amides is 1. The molecule has 0 saturated carbocycles. The van der Waals surface area contributed by atoms with Gasteiger partial charge in [0, 0.05) is 53.1 Å². The third kappa shape index (κ3) is 3.98. The second-order valence-electron chi connectivity index (χ2n) is 6.14. The lowest BCUT2D eigenvalue weighted by atomic mass is 10.2. The molecule has 0 radical (unpaired) electrons. The Bertz CT molecular complexity index is 710. The second kappa shape index (κ2) is 7.66. The molecule has 1 aliphatic heterocycles. The monoisotopic (exact) mass is 363 g/mol. The first-order valence-corrected chi connectivity index (χ1v) is 9.33. The lowest BCUT2D eigenvalue weighted by molar-refractivity contribution is -0.123. The summed E-state index contributed by atoms with van der Waals surface area (Å²) in [6, 6.07) is 12.1. The van der Waals surface area contributed by atoms with Crippen LogP contribution < -0.4 is 5.73 Å². The quantitative estimate of drug-likeness (QED) is 0.888. The van der Waals surface area contributed by atoms with Crippen LogP contribution in [0.1, 0.15) is 11.8 Å². The molecule has 24 heavy (non-hydrogen) atoms. The number of halogens is 1. The van der Waals surface area contributed by atoms with Crippen molar-refractivity contribution in [1.29, 1.82) is 0 Å². The number of benzene rings is 1. The standard InChI is InChI=1S/C18H22ClN3OS/c1-13(18(20)23)22-10-8-21(9-11-22)12-14-6-7-17(24-14)15-4-2-3-5-16(15)19/h2-7,13H,8-12H2,1H3,(H2,20,23). The Labute approximate surface area is 151 Å². The highest BCUT2D eigenvalue weighted by Crippen LogP contribution is 2.33. The van der Waals surface area contributed by atoms with Crippen molar-refractivity contribution in [3.63, 3.8) is 0 Å². The Hall–Kier alpha value is -1.40. The van der Waals surface area contributed by atoms with Gasteiger partial charge in [-0.1, -0.05) is 29.8 Å². The van der Waals surface area contributed by atoms with E-state index >= 15 is 0 Å². The first kappa shape index (κ1) is 17.4. The summed E-state index contributed by atoms with van der Waals surface area (Å²) in [5, 5.41) is 0.792. The first-order valence-electron chi connectivity index (χ1n) is 8.14. The molecule has 2 heterocycles. The first-order chi connectivity index (χ1) is 11.5. The molecule has 4 nitrogen and oxygen atoms in total. The number of carbonyl (C=O) groups is 1. The molecule has 6 heteroatoms. The minimum Gasteiger partial charge on any atom is -0.368 e. The highest BCUT2D eigenvalue weighted by Gasteiger charge is 2.24. The zero-order chi connectivity index (χ0) is 17.1. The maximum absolute atomic E-state index is 11.3. The van der Waals surface area contributed by atoms with Gasteiger partial charge in [0.05, 0.1) is 6.04 Å². The number of rotatable bonds is 5. The lowest BCUT2D eigenvalue weighted by Crippen LogP contribution is -2.52. The van der Waals surface area contributed by atoms with Gasteiger partial charge in [-0.2, -0.15) is 0 Å². The number of hydrogen-bond acceptors (Lipinski definition) is 4. The van der Waals surface area contributed by atoms with Crippen LogP contribution in [0.15, 0.2) is 36.4 Å². The van der Waals surface area contributed by atoms with Crippen LogP contribution in [0.25, 0.3) is 10.4 Å². The molecule has 0 aliphatic carbocycles. The van der Waals surface area contributed by atoms with Gasteiger partial charge in [-0.05, 0) is 25.1 Å². The average Bonchev–Trinajstić information content (AvgIpc) is 3.03. The molecule has 1 atom stereocenters. The smallest absolute Gasteiger partial charge is 0.234 e. The largest absolute Gasteiger partial charge is 0.368 e. The molecule has 2 aromatic rings. The van der Waals surface area contributed by atoms with E-state index in [0.717, 1.165) is 43.3 Å². The third-order valence-electron chi connectivity index (χ3n) is 4.55. The Morgan fingerprint density at radius 1 is 1.21 bits per heavy atom. The number of nitrogens with two attached hydrogens (primary N) is 1. The Balaban J connectivity index is 1.59. The highest BCUT2D eigenvalue weighted by atomic mass is 35.5. The topological polar surface area (TPSA) is 49.6 Å². The van der Waals surface area contributed by atoms with Crippen molar-refractivity contribution < 1.29 is 4.79 Å². The molecule has 3 rings (SSSR count). The summed E-state index contributed by atoms with van der Waals surface area (Å²) in [4.78, 5) is 18.4. The Morgan fingerprint density at radius 3 is 2.58 bits per heavy atom. The van der Waals surface area contributed by atoms with E-state index in [1.807, 2.05) is 25.1 Å². The average molecular weight is 364 g/mol. The molecule has 128 valence electrons. The predicted molar refractivity (Wildman–Crippen MR) is 100 cm³/mol. The maximum atomic E-state index is 11.3. The molecule has 1 saturated heterocycles.